The van der Waals surface area contributed by atoms with Crippen LogP contribution in [0.15, 0.2) is 84.9 Å². The number of fused-ring (bicyclic) bond motifs is 5. The normalized spacial score (nSPS) is 11.5. The molecular weight excluding hydrogens is 296 g/mol. The Morgan fingerprint density at radius 3 is 2.30 bits per heavy atom. The van der Waals surface area contributed by atoms with E-state index in [4.69, 9.17) is 0 Å². The van der Waals surface area contributed by atoms with E-state index in [0.29, 0.717) is 0 Å². The molecule has 0 amide bonds. The molecule has 0 fully saturated rings. The van der Waals surface area contributed by atoms with Gasteiger partial charge in [0.2, 0.25) is 0 Å². The van der Waals surface area contributed by atoms with E-state index in [2.05, 4.69) is 84.9 Å². The lowest BCUT2D eigenvalue weighted by atomic mass is 9.98. The molecule has 4 aromatic carbocycles. The van der Waals surface area contributed by atoms with Crippen molar-refractivity contribution in [2.75, 3.05) is 0 Å². The molecule has 1 heterocycles. The Labute approximate surface area is 138 Å². The largest absolute Gasteiger partial charge is 0.135 e. The number of hydrogen-bond acceptors (Lipinski definition) is 1. The molecule has 5 aromatic rings. The summed E-state index contributed by atoms with van der Waals surface area (Å²) in [6, 6.07) is 30.5. The van der Waals surface area contributed by atoms with E-state index in [1.165, 1.54) is 42.1 Å². The second kappa shape index (κ2) is 4.94. The minimum atomic E-state index is 1.28. The first kappa shape index (κ1) is 12.9. The summed E-state index contributed by atoms with van der Waals surface area (Å²) in [5.74, 6) is 0. The highest BCUT2D eigenvalue weighted by molar-refractivity contribution is 7.26. The summed E-state index contributed by atoms with van der Waals surface area (Å²) in [6.07, 6.45) is 0. The molecule has 0 aliphatic carbocycles. The van der Waals surface area contributed by atoms with Crippen LogP contribution in [0.3, 0.4) is 0 Å². The van der Waals surface area contributed by atoms with Gasteiger partial charge in [-0.05, 0) is 28.0 Å². The summed E-state index contributed by atoms with van der Waals surface area (Å²) in [5, 5.41) is 5.41. The Hall–Kier alpha value is -2.64. The zero-order valence-corrected chi connectivity index (χ0v) is 13.3. The van der Waals surface area contributed by atoms with Crippen molar-refractivity contribution in [2.45, 2.75) is 0 Å². The maximum atomic E-state index is 2.28. The van der Waals surface area contributed by atoms with E-state index in [1.54, 1.807) is 0 Å². The maximum absolute atomic E-state index is 2.28. The third kappa shape index (κ3) is 1.90. The summed E-state index contributed by atoms with van der Waals surface area (Å²) in [5.41, 5.74) is 2.61. The molecule has 5 rings (SSSR count). The average Bonchev–Trinajstić information content (AvgIpc) is 3.01. The van der Waals surface area contributed by atoms with Crippen LogP contribution in [-0.4, -0.2) is 0 Å². The van der Waals surface area contributed by atoms with E-state index < -0.39 is 0 Å². The summed E-state index contributed by atoms with van der Waals surface area (Å²) in [4.78, 5) is 0. The van der Waals surface area contributed by atoms with Crippen LogP contribution in [0.25, 0.3) is 42.1 Å². The molecule has 0 nitrogen and oxygen atoms in total. The molecule has 0 bridgehead atoms. The lowest BCUT2D eigenvalue weighted by Gasteiger charge is -2.05. The van der Waals surface area contributed by atoms with E-state index >= 15 is 0 Å². The highest BCUT2D eigenvalue weighted by Gasteiger charge is 2.12. The standard InChI is InChI=1S/C22H14S/c1-2-7-15(8-3-1)17-11-6-12-20-21(17)19-14-13-16-9-4-5-10-18(16)22(19)23-20/h1-14H. The van der Waals surface area contributed by atoms with Crippen LogP contribution >= 0.6 is 11.3 Å². The van der Waals surface area contributed by atoms with Crippen LogP contribution in [0.1, 0.15) is 0 Å². The van der Waals surface area contributed by atoms with E-state index in [9.17, 15) is 0 Å². The van der Waals surface area contributed by atoms with Crippen LogP contribution in [0.4, 0.5) is 0 Å². The third-order valence-electron chi connectivity index (χ3n) is 4.47. The Bertz CT molecular complexity index is 1150. The highest BCUT2D eigenvalue weighted by Crippen LogP contribution is 2.42. The van der Waals surface area contributed by atoms with Crippen LogP contribution in [0.5, 0.6) is 0 Å². The van der Waals surface area contributed by atoms with E-state index in [-0.39, 0.29) is 0 Å². The summed E-state index contributed by atoms with van der Waals surface area (Å²) >= 11 is 1.90. The van der Waals surface area contributed by atoms with Gasteiger partial charge in [0.25, 0.3) is 0 Å². The molecule has 0 aliphatic rings. The third-order valence-corrected chi connectivity index (χ3v) is 5.68. The molecule has 1 aromatic heterocycles. The minimum absolute atomic E-state index is 1.28. The number of rotatable bonds is 1. The lowest BCUT2D eigenvalue weighted by molar-refractivity contribution is 1.67. The van der Waals surface area contributed by atoms with Crippen LogP contribution in [0.2, 0.25) is 0 Å². The van der Waals surface area contributed by atoms with Crippen molar-refractivity contribution in [1.29, 1.82) is 0 Å². The van der Waals surface area contributed by atoms with Crippen molar-refractivity contribution in [3.63, 3.8) is 0 Å². The molecule has 23 heavy (non-hydrogen) atoms. The van der Waals surface area contributed by atoms with Gasteiger partial charge in [-0.2, -0.15) is 0 Å². The second-order valence-electron chi connectivity index (χ2n) is 5.81. The highest BCUT2D eigenvalue weighted by atomic mass is 32.1. The summed E-state index contributed by atoms with van der Waals surface area (Å²) < 4.78 is 2.75. The molecule has 0 spiro atoms. The smallest absolute Gasteiger partial charge is 0.0434 e. The van der Waals surface area contributed by atoms with Gasteiger partial charge in [-0.25, -0.2) is 0 Å². The zero-order chi connectivity index (χ0) is 15.2. The van der Waals surface area contributed by atoms with E-state index in [0.717, 1.165) is 0 Å². The van der Waals surface area contributed by atoms with Gasteiger partial charge < -0.3 is 0 Å². The number of thiophene rings is 1. The van der Waals surface area contributed by atoms with Gasteiger partial charge in [-0.15, -0.1) is 11.3 Å². The Kier molecular flexibility index (Phi) is 2.76. The first-order chi connectivity index (χ1) is 11.4. The van der Waals surface area contributed by atoms with Gasteiger partial charge in [-0.1, -0.05) is 78.9 Å². The monoisotopic (exact) mass is 310 g/mol. The molecule has 0 saturated carbocycles. The first-order valence-electron chi connectivity index (χ1n) is 7.80. The van der Waals surface area contributed by atoms with Crippen molar-refractivity contribution in [1.82, 2.24) is 0 Å². The van der Waals surface area contributed by atoms with Gasteiger partial charge in [-0.3, -0.25) is 0 Å². The molecule has 0 aliphatic heterocycles. The SMILES string of the molecule is c1ccc(-c2cccc3sc4c5ccccc5ccc4c23)cc1. The van der Waals surface area contributed by atoms with Gasteiger partial charge >= 0.3 is 0 Å². The fraction of sp³-hybridized carbons (Fsp3) is 0. The van der Waals surface area contributed by atoms with Gasteiger partial charge in [0.15, 0.2) is 0 Å². The molecule has 1 heteroatoms. The fourth-order valence-electron chi connectivity index (χ4n) is 3.41. The molecule has 0 N–H and O–H groups in total. The Balaban J connectivity index is 1.97. The second-order valence-corrected chi connectivity index (χ2v) is 6.86. The average molecular weight is 310 g/mol. The van der Waals surface area contributed by atoms with Gasteiger partial charge in [0, 0.05) is 20.2 Å². The Morgan fingerprint density at radius 1 is 0.565 bits per heavy atom. The molecule has 0 unspecified atom stereocenters. The molecule has 0 radical (unpaired) electrons. The topological polar surface area (TPSA) is 0 Å². The fourth-order valence-corrected chi connectivity index (χ4v) is 4.68. The van der Waals surface area contributed by atoms with Crippen LogP contribution < -0.4 is 0 Å². The number of hydrogen-bond donors (Lipinski definition) is 0. The van der Waals surface area contributed by atoms with Crippen molar-refractivity contribution in [3.8, 4) is 11.1 Å². The van der Waals surface area contributed by atoms with E-state index in [1.807, 2.05) is 11.3 Å². The number of benzene rings is 4. The summed E-state index contributed by atoms with van der Waals surface area (Å²) in [6.45, 7) is 0. The Morgan fingerprint density at radius 2 is 1.39 bits per heavy atom. The quantitative estimate of drug-likeness (QED) is 0.317. The van der Waals surface area contributed by atoms with Gasteiger partial charge in [0.1, 0.15) is 0 Å². The molecule has 108 valence electrons. The van der Waals surface area contributed by atoms with Crippen LogP contribution in [-0.2, 0) is 0 Å². The first-order valence-corrected chi connectivity index (χ1v) is 8.62. The molecular formula is C22H14S. The predicted molar refractivity (Wildman–Crippen MR) is 102 cm³/mol. The molecule has 0 atom stereocenters. The van der Waals surface area contributed by atoms with Crippen LogP contribution in [0, 0.1) is 0 Å². The summed E-state index contributed by atoms with van der Waals surface area (Å²) in [7, 11) is 0. The van der Waals surface area contributed by atoms with Crippen molar-refractivity contribution < 1.29 is 0 Å². The zero-order valence-electron chi connectivity index (χ0n) is 12.5. The minimum Gasteiger partial charge on any atom is -0.135 e. The van der Waals surface area contributed by atoms with Crippen molar-refractivity contribution in [2.24, 2.45) is 0 Å². The van der Waals surface area contributed by atoms with Gasteiger partial charge in [0.05, 0.1) is 0 Å². The van der Waals surface area contributed by atoms with Crippen molar-refractivity contribution >= 4 is 42.3 Å². The van der Waals surface area contributed by atoms with Crippen molar-refractivity contribution in [3.05, 3.63) is 84.9 Å². The molecule has 0 saturated heterocycles. The lowest BCUT2D eigenvalue weighted by Crippen LogP contribution is -1.79. The maximum Gasteiger partial charge on any atom is 0.0434 e. The predicted octanol–water partition coefficient (Wildman–Crippen LogP) is 6.87.